The number of ether oxygens (including phenoxy) is 1. The zero-order valence-electron chi connectivity index (χ0n) is 22.7. The molecule has 1 fully saturated rings. The smallest absolute Gasteiger partial charge is 0.255 e. The quantitative estimate of drug-likeness (QED) is 0.461. The van der Waals surface area contributed by atoms with Crippen molar-refractivity contribution in [3.8, 4) is 11.3 Å². The van der Waals surface area contributed by atoms with E-state index in [9.17, 15) is 9.59 Å². The van der Waals surface area contributed by atoms with E-state index < -0.39 is 0 Å². The van der Waals surface area contributed by atoms with E-state index in [0.29, 0.717) is 48.5 Å². The number of amides is 2. The molecule has 2 amide bonds. The predicted octanol–water partition coefficient (Wildman–Crippen LogP) is 4.92. The fourth-order valence-electron chi connectivity index (χ4n) is 6.09. The number of hydrogen-bond acceptors (Lipinski definition) is 6. The second kappa shape index (κ2) is 11.6. The van der Waals surface area contributed by atoms with E-state index in [-0.39, 0.29) is 30.4 Å². The molecule has 4 heterocycles. The molecule has 208 valence electrons. The van der Waals surface area contributed by atoms with Crippen molar-refractivity contribution in [2.24, 2.45) is 0 Å². The van der Waals surface area contributed by atoms with Crippen LogP contribution in [0.5, 0.6) is 0 Å². The maximum atomic E-state index is 13.7. The molecule has 2 aromatic carbocycles. The number of carbonyl (C=O) groups is 2. The van der Waals surface area contributed by atoms with Gasteiger partial charge in [-0.1, -0.05) is 54.9 Å². The lowest BCUT2D eigenvalue weighted by molar-refractivity contribution is -0.132. The van der Waals surface area contributed by atoms with Crippen molar-refractivity contribution in [1.29, 1.82) is 0 Å². The second-order valence-corrected chi connectivity index (χ2v) is 11.1. The molecule has 40 heavy (non-hydrogen) atoms. The minimum Gasteiger partial charge on any atom is -0.381 e. The first-order valence-electron chi connectivity index (χ1n) is 14.2. The molecule has 8 nitrogen and oxygen atoms in total. The van der Waals surface area contributed by atoms with Gasteiger partial charge in [-0.3, -0.25) is 9.59 Å². The summed E-state index contributed by atoms with van der Waals surface area (Å²) in [5, 5.41) is 3.81. The first kappa shape index (κ1) is 26.7. The Bertz CT molecular complexity index is 1400. The molecule has 0 spiro atoms. The summed E-state index contributed by atoms with van der Waals surface area (Å²) in [4.78, 5) is 39.8. The van der Waals surface area contributed by atoms with Gasteiger partial charge in [0.05, 0.1) is 23.0 Å². The van der Waals surface area contributed by atoms with Gasteiger partial charge in [-0.25, -0.2) is 9.97 Å². The highest BCUT2D eigenvalue weighted by Gasteiger charge is 2.38. The van der Waals surface area contributed by atoms with Crippen LogP contribution in [0, 0.1) is 0 Å². The molecule has 1 unspecified atom stereocenters. The van der Waals surface area contributed by atoms with Crippen molar-refractivity contribution in [2.45, 2.75) is 51.1 Å². The number of aromatic nitrogens is 2. The van der Waals surface area contributed by atoms with Gasteiger partial charge < -0.3 is 19.9 Å². The Kier molecular flexibility index (Phi) is 7.71. The fraction of sp³-hybridized carbons (Fsp3) is 0.419. The summed E-state index contributed by atoms with van der Waals surface area (Å²) < 4.78 is 5.44. The van der Waals surface area contributed by atoms with Crippen molar-refractivity contribution in [3.63, 3.8) is 0 Å². The second-order valence-electron chi connectivity index (χ2n) is 10.7. The third kappa shape index (κ3) is 5.30. The largest absolute Gasteiger partial charge is 0.381 e. The van der Waals surface area contributed by atoms with Gasteiger partial charge in [-0.2, -0.15) is 0 Å². The molecule has 3 aliphatic rings. The van der Waals surface area contributed by atoms with E-state index in [1.807, 2.05) is 23.1 Å². The van der Waals surface area contributed by atoms with E-state index >= 15 is 0 Å². The van der Waals surface area contributed by atoms with Crippen molar-refractivity contribution in [3.05, 3.63) is 75.9 Å². The lowest BCUT2D eigenvalue weighted by Crippen LogP contribution is -2.42. The molecule has 3 aromatic rings. The Morgan fingerprint density at radius 1 is 1.10 bits per heavy atom. The average molecular weight is 560 g/mol. The molecule has 6 rings (SSSR count). The molecule has 1 aromatic heterocycles. The van der Waals surface area contributed by atoms with Crippen LogP contribution >= 0.6 is 11.6 Å². The summed E-state index contributed by atoms with van der Waals surface area (Å²) in [6, 6.07) is 14.3. The van der Waals surface area contributed by atoms with Gasteiger partial charge in [-0.15, -0.1) is 0 Å². The van der Waals surface area contributed by atoms with Crippen LogP contribution in [0.25, 0.3) is 11.3 Å². The van der Waals surface area contributed by atoms with Crippen LogP contribution in [0.3, 0.4) is 0 Å². The molecular formula is C31H34ClN5O3. The maximum absolute atomic E-state index is 13.7. The Morgan fingerprint density at radius 3 is 2.52 bits per heavy atom. The minimum atomic E-state index is -0.142. The van der Waals surface area contributed by atoms with Crippen LogP contribution in [0.15, 0.2) is 48.7 Å². The third-order valence-electron chi connectivity index (χ3n) is 8.32. The van der Waals surface area contributed by atoms with E-state index in [1.165, 1.54) is 11.1 Å². The van der Waals surface area contributed by atoms with Crippen LogP contribution in [-0.2, 0) is 22.4 Å². The number of rotatable bonds is 6. The summed E-state index contributed by atoms with van der Waals surface area (Å²) >= 11 is 6.53. The minimum absolute atomic E-state index is 0.00434. The molecule has 1 N–H and O–H groups in total. The van der Waals surface area contributed by atoms with Crippen LogP contribution in [0.2, 0.25) is 5.02 Å². The van der Waals surface area contributed by atoms with Gasteiger partial charge in [0, 0.05) is 43.5 Å². The van der Waals surface area contributed by atoms with Crippen molar-refractivity contribution < 1.29 is 14.3 Å². The first-order valence-corrected chi connectivity index (χ1v) is 14.6. The first-order chi connectivity index (χ1) is 19.5. The highest BCUT2D eigenvalue weighted by atomic mass is 35.5. The van der Waals surface area contributed by atoms with Gasteiger partial charge in [0.1, 0.15) is 6.54 Å². The number of carbonyl (C=O) groups excluding carboxylic acids is 2. The SMILES string of the molecule is CCC1c2ccc(-c3nc(NC4CCOCC4)ncc3Cl)cc2C(=O)N1CC(=O)N1CCc2ccccc2CC1. The van der Waals surface area contributed by atoms with Gasteiger partial charge in [0.25, 0.3) is 5.91 Å². The van der Waals surface area contributed by atoms with Crippen LogP contribution in [0.4, 0.5) is 5.95 Å². The number of halogens is 1. The van der Waals surface area contributed by atoms with Gasteiger partial charge in [-0.05, 0) is 54.9 Å². The predicted molar refractivity (Wildman–Crippen MR) is 154 cm³/mol. The Morgan fingerprint density at radius 2 is 1.82 bits per heavy atom. The van der Waals surface area contributed by atoms with Crippen molar-refractivity contribution in [1.82, 2.24) is 19.8 Å². The maximum Gasteiger partial charge on any atom is 0.255 e. The highest BCUT2D eigenvalue weighted by Crippen LogP contribution is 2.39. The molecule has 1 saturated heterocycles. The lowest BCUT2D eigenvalue weighted by Gasteiger charge is -2.28. The lowest BCUT2D eigenvalue weighted by atomic mass is 9.99. The number of benzene rings is 2. The van der Waals surface area contributed by atoms with Crippen molar-refractivity contribution >= 4 is 29.4 Å². The summed E-state index contributed by atoms with van der Waals surface area (Å²) in [5.74, 6) is 0.382. The van der Waals surface area contributed by atoms with Crippen molar-refractivity contribution in [2.75, 3.05) is 38.2 Å². The molecule has 0 radical (unpaired) electrons. The number of nitrogens with one attached hydrogen (secondary N) is 1. The molecule has 0 aliphatic carbocycles. The molecule has 1 atom stereocenters. The number of hydrogen-bond donors (Lipinski definition) is 1. The van der Waals surface area contributed by atoms with Gasteiger partial charge in [0.2, 0.25) is 11.9 Å². The summed E-state index contributed by atoms with van der Waals surface area (Å²) in [6.07, 6.45) is 5.78. The van der Waals surface area contributed by atoms with E-state index in [1.54, 1.807) is 11.1 Å². The Labute approximate surface area is 239 Å². The molecule has 0 bridgehead atoms. The zero-order valence-corrected chi connectivity index (χ0v) is 23.5. The standard InChI is InChI=1S/C31H34ClN5O3/c1-2-27-24-8-7-22(29-26(32)18-33-31(35-29)34-23-11-15-40-16-12-23)17-25(24)30(39)37(27)19-28(38)36-13-9-20-5-3-4-6-21(20)10-14-36/h3-8,17-18,23,27H,2,9-16,19H2,1H3,(H,33,34,35). The van der Waals surface area contributed by atoms with Crippen LogP contribution in [0.1, 0.15) is 59.3 Å². The van der Waals surface area contributed by atoms with E-state index in [4.69, 9.17) is 21.3 Å². The fourth-order valence-corrected chi connectivity index (χ4v) is 6.29. The Hall–Kier alpha value is -3.49. The van der Waals surface area contributed by atoms with Gasteiger partial charge >= 0.3 is 0 Å². The topological polar surface area (TPSA) is 87.7 Å². The summed E-state index contributed by atoms with van der Waals surface area (Å²) in [7, 11) is 0. The highest BCUT2D eigenvalue weighted by molar-refractivity contribution is 6.33. The molecular weight excluding hydrogens is 526 g/mol. The van der Waals surface area contributed by atoms with Crippen LogP contribution < -0.4 is 5.32 Å². The van der Waals surface area contributed by atoms with E-state index in [2.05, 4.69) is 41.5 Å². The zero-order chi connectivity index (χ0) is 27.6. The Balaban J connectivity index is 1.20. The molecule has 3 aliphatic heterocycles. The molecule has 9 heteroatoms. The normalized spacial score (nSPS) is 19.2. The summed E-state index contributed by atoms with van der Waals surface area (Å²) in [6.45, 7) is 4.90. The average Bonchev–Trinajstić information content (AvgIpc) is 3.11. The third-order valence-corrected chi connectivity index (χ3v) is 8.59. The molecule has 0 saturated carbocycles. The van der Waals surface area contributed by atoms with E-state index in [0.717, 1.165) is 43.2 Å². The summed E-state index contributed by atoms with van der Waals surface area (Å²) in [5.41, 5.74) is 5.48. The number of fused-ring (bicyclic) bond motifs is 2. The monoisotopic (exact) mass is 559 g/mol. The number of nitrogens with zero attached hydrogens (tertiary/aromatic N) is 4. The number of anilines is 1. The van der Waals surface area contributed by atoms with Crippen LogP contribution in [-0.4, -0.2) is 70.5 Å². The van der Waals surface area contributed by atoms with Gasteiger partial charge in [0.15, 0.2) is 0 Å².